The molecule has 1 saturated heterocycles. The van der Waals surface area contributed by atoms with Gasteiger partial charge in [0.15, 0.2) is 0 Å². The Balaban J connectivity index is 2.08. The average Bonchev–Trinajstić information content (AvgIpc) is 2.54. The molecule has 1 aliphatic heterocycles. The number of rotatable bonds is 1. The Morgan fingerprint density at radius 2 is 2.42 bits per heavy atom. The fourth-order valence-corrected chi connectivity index (χ4v) is 1.64. The van der Waals surface area contributed by atoms with Crippen LogP contribution in [0, 0.1) is 6.01 Å². The third-order valence-corrected chi connectivity index (χ3v) is 2.30. The van der Waals surface area contributed by atoms with Crippen LogP contribution in [0.4, 0.5) is 4.39 Å². The van der Waals surface area contributed by atoms with Gasteiger partial charge in [-0.2, -0.15) is 4.39 Å². The van der Waals surface area contributed by atoms with Crippen LogP contribution in [0.1, 0.15) is 30.9 Å². The van der Waals surface area contributed by atoms with Crippen molar-refractivity contribution in [2.24, 2.45) is 0 Å². The molecule has 1 aromatic rings. The van der Waals surface area contributed by atoms with Gasteiger partial charge in [0.1, 0.15) is 0 Å². The summed E-state index contributed by atoms with van der Waals surface area (Å²) in [7, 11) is 0. The van der Waals surface area contributed by atoms with E-state index in [-0.39, 0.29) is 0 Å². The monoisotopic (exact) mass is 169 g/mol. The summed E-state index contributed by atoms with van der Waals surface area (Å²) in [5, 5.41) is 3.32. The molecule has 2 nitrogen and oxygen atoms in total. The lowest BCUT2D eigenvalue weighted by Crippen LogP contribution is -2.26. The number of piperidine rings is 1. The Hall–Kier alpha value is -0.830. The molecule has 0 radical (unpaired) electrons. The van der Waals surface area contributed by atoms with E-state index in [4.69, 9.17) is 0 Å². The molecule has 0 amide bonds. The summed E-state index contributed by atoms with van der Waals surface area (Å²) < 4.78 is 17.1. The molecule has 12 heavy (non-hydrogen) atoms. The lowest BCUT2D eigenvalue weighted by molar-refractivity contribution is 0.357. The van der Waals surface area contributed by atoms with Gasteiger partial charge in [0.25, 0.3) is 6.01 Å². The van der Waals surface area contributed by atoms with Gasteiger partial charge in [0.05, 0.1) is 6.26 Å². The molecule has 66 valence electrons. The SMILES string of the molecule is Fc1cc(C2CCCCN2)co1. The highest BCUT2D eigenvalue weighted by Crippen LogP contribution is 2.23. The first-order valence-electron chi connectivity index (χ1n) is 4.33. The van der Waals surface area contributed by atoms with E-state index in [1.165, 1.54) is 25.2 Å². The smallest absolute Gasteiger partial charge is 0.277 e. The van der Waals surface area contributed by atoms with E-state index in [1.807, 2.05) is 0 Å². The first-order chi connectivity index (χ1) is 5.86. The largest absolute Gasteiger partial charge is 0.439 e. The fourth-order valence-electron chi connectivity index (χ4n) is 1.64. The molecule has 1 aliphatic rings. The molecule has 0 saturated carbocycles. The Morgan fingerprint density at radius 3 is 3.00 bits per heavy atom. The van der Waals surface area contributed by atoms with Crippen molar-refractivity contribution in [2.45, 2.75) is 25.3 Å². The zero-order valence-corrected chi connectivity index (χ0v) is 6.85. The van der Waals surface area contributed by atoms with Crippen molar-refractivity contribution in [2.75, 3.05) is 6.54 Å². The third kappa shape index (κ3) is 1.50. The van der Waals surface area contributed by atoms with Gasteiger partial charge in [-0.15, -0.1) is 0 Å². The summed E-state index contributed by atoms with van der Waals surface area (Å²) in [5.41, 5.74) is 0.937. The lowest BCUT2D eigenvalue weighted by Gasteiger charge is -2.21. The van der Waals surface area contributed by atoms with Crippen molar-refractivity contribution in [1.29, 1.82) is 0 Å². The van der Waals surface area contributed by atoms with E-state index in [0.29, 0.717) is 6.04 Å². The molecule has 1 aromatic heterocycles. The number of nitrogens with one attached hydrogen (secondary N) is 1. The highest BCUT2D eigenvalue weighted by molar-refractivity contribution is 5.12. The zero-order chi connectivity index (χ0) is 8.39. The van der Waals surface area contributed by atoms with E-state index < -0.39 is 6.01 Å². The highest BCUT2D eigenvalue weighted by atomic mass is 19.1. The molecule has 3 heteroatoms. The molecule has 2 heterocycles. The minimum Gasteiger partial charge on any atom is -0.439 e. The summed E-state index contributed by atoms with van der Waals surface area (Å²) in [6.45, 7) is 1.03. The van der Waals surface area contributed by atoms with Crippen LogP contribution in [-0.2, 0) is 0 Å². The maximum Gasteiger partial charge on any atom is 0.277 e. The van der Waals surface area contributed by atoms with Gasteiger partial charge in [-0.3, -0.25) is 0 Å². The zero-order valence-electron chi connectivity index (χ0n) is 6.85. The first kappa shape index (κ1) is 7.80. The second-order valence-electron chi connectivity index (χ2n) is 3.19. The Labute approximate surface area is 70.8 Å². The fraction of sp³-hybridized carbons (Fsp3) is 0.556. The van der Waals surface area contributed by atoms with Crippen LogP contribution < -0.4 is 5.32 Å². The molecule has 0 aromatic carbocycles. The number of halogens is 1. The molecule has 1 atom stereocenters. The van der Waals surface area contributed by atoms with Crippen molar-refractivity contribution in [3.8, 4) is 0 Å². The van der Waals surface area contributed by atoms with Gasteiger partial charge in [-0.1, -0.05) is 6.42 Å². The predicted molar refractivity (Wildman–Crippen MR) is 43.3 cm³/mol. The van der Waals surface area contributed by atoms with Gasteiger partial charge in [-0.25, -0.2) is 0 Å². The van der Waals surface area contributed by atoms with E-state index in [2.05, 4.69) is 9.73 Å². The normalized spacial score (nSPS) is 24.2. The maximum absolute atomic E-state index is 12.5. The molecular formula is C9H12FNO. The first-order valence-corrected chi connectivity index (χ1v) is 4.33. The standard InChI is InChI=1S/C9H12FNO/c10-9-5-7(6-12-9)8-3-1-2-4-11-8/h5-6,8,11H,1-4H2. The van der Waals surface area contributed by atoms with Gasteiger partial charge in [-0.05, 0) is 19.4 Å². The Kier molecular flexibility index (Phi) is 2.13. The van der Waals surface area contributed by atoms with Gasteiger partial charge in [0.2, 0.25) is 0 Å². The third-order valence-electron chi connectivity index (χ3n) is 2.30. The quantitative estimate of drug-likeness (QED) is 0.697. The van der Waals surface area contributed by atoms with Crippen LogP contribution in [0.3, 0.4) is 0 Å². The molecular weight excluding hydrogens is 157 g/mol. The number of hydrogen-bond donors (Lipinski definition) is 1. The minimum atomic E-state index is -0.489. The van der Waals surface area contributed by atoms with E-state index in [1.54, 1.807) is 0 Å². The molecule has 0 spiro atoms. The van der Waals surface area contributed by atoms with Gasteiger partial charge in [0, 0.05) is 17.7 Å². The van der Waals surface area contributed by atoms with Crippen molar-refractivity contribution in [3.05, 3.63) is 23.9 Å². The summed E-state index contributed by atoms with van der Waals surface area (Å²) in [5.74, 6) is 0. The van der Waals surface area contributed by atoms with Crippen LogP contribution in [0.25, 0.3) is 0 Å². The summed E-state index contributed by atoms with van der Waals surface area (Å²) in [6, 6.07) is 1.27. The van der Waals surface area contributed by atoms with Crippen molar-refractivity contribution < 1.29 is 8.81 Å². The van der Waals surface area contributed by atoms with Crippen LogP contribution in [0.15, 0.2) is 16.7 Å². The van der Waals surface area contributed by atoms with E-state index in [0.717, 1.165) is 18.5 Å². The minimum absolute atomic E-state index is 0.298. The van der Waals surface area contributed by atoms with Crippen molar-refractivity contribution in [3.63, 3.8) is 0 Å². The second kappa shape index (κ2) is 3.27. The molecule has 2 rings (SSSR count). The van der Waals surface area contributed by atoms with Crippen LogP contribution in [0.5, 0.6) is 0 Å². The van der Waals surface area contributed by atoms with Crippen LogP contribution >= 0.6 is 0 Å². The van der Waals surface area contributed by atoms with E-state index in [9.17, 15) is 4.39 Å². The molecule has 0 bridgehead atoms. The second-order valence-corrected chi connectivity index (χ2v) is 3.19. The molecule has 1 fully saturated rings. The molecule has 0 aliphatic carbocycles. The molecule has 1 unspecified atom stereocenters. The highest BCUT2D eigenvalue weighted by Gasteiger charge is 2.16. The number of furan rings is 1. The van der Waals surface area contributed by atoms with Gasteiger partial charge < -0.3 is 9.73 Å². The Bertz CT molecular complexity index is 253. The summed E-state index contributed by atoms with van der Waals surface area (Å²) >= 11 is 0. The molecule has 1 N–H and O–H groups in total. The number of hydrogen-bond acceptors (Lipinski definition) is 2. The maximum atomic E-state index is 12.5. The predicted octanol–water partition coefficient (Wildman–Crippen LogP) is 2.23. The van der Waals surface area contributed by atoms with Crippen LogP contribution in [0.2, 0.25) is 0 Å². The van der Waals surface area contributed by atoms with E-state index >= 15 is 0 Å². The van der Waals surface area contributed by atoms with Crippen molar-refractivity contribution >= 4 is 0 Å². The van der Waals surface area contributed by atoms with Crippen molar-refractivity contribution in [1.82, 2.24) is 5.32 Å². The lowest BCUT2D eigenvalue weighted by atomic mass is 10.0. The topological polar surface area (TPSA) is 25.2 Å². The van der Waals surface area contributed by atoms with Crippen LogP contribution in [-0.4, -0.2) is 6.54 Å². The van der Waals surface area contributed by atoms with Gasteiger partial charge >= 0.3 is 0 Å². The summed E-state index contributed by atoms with van der Waals surface area (Å²) in [4.78, 5) is 0. The Morgan fingerprint density at radius 1 is 1.50 bits per heavy atom. The average molecular weight is 169 g/mol. The summed E-state index contributed by atoms with van der Waals surface area (Å²) in [6.07, 6.45) is 5.01.